The minimum absolute atomic E-state index is 0.187. The van der Waals surface area contributed by atoms with E-state index in [-0.39, 0.29) is 5.95 Å². The normalized spacial score (nSPS) is 11.1. The molecule has 0 aliphatic rings. The van der Waals surface area contributed by atoms with Gasteiger partial charge in [-0.15, -0.1) is 4.40 Å². The van der Waals surface area contributed by atoms with Crippen molar-refractivity contribution in [2.45, 2.75) is 13.8 Å². The number of fused-ring (bicyclic) bond motifs is 3. The molecule has 0 aliphatic carbocycles. The summed E-state index contributed by atoms with van der Waals surface area (Å²) in [7, 11) is 0. The molecule has 5 nitrogen and oxygen atoms in total. The third kappa shape index (κ3) is 1.71. The highest BCUT2D eigenvalue weighted by atomic mass is 16.5. The van der Waals surface area contributed by atoms with Crippen molar-refractivity contribution in [3.8, 4) is 11.7 Å². The second-order valence-electron chi connectivity index (χ2n) is 4.31. The maximum absolute atomic E-state index is 11.2. The Morgan fingerprint density at radius 1 is 1.37 bits per heavy atom. The zero-order chi connectivity index (χ0) is 13.6. The Balaban J connectivity index is 2.50. The Hall–Kier alpha value is -2.56. The number of pyridine rings is 1. The molecule has 96 valence electrons. The van der Waals surface area contributed by atoms with Crippen molar-refractivity contribution >= 4 is 22.6 Å². The van der Waals surface area contributed by atoms with Crippen LogP contribution in [-0.4, -0.2) is 11.1 Å². The molecule has 0 unspecified atom stereocenters. The van der Waals surface area contributed by atoms with Gasteiger partial charge in [-0.3, -0.25) is 4.79 Å². The number of aryl methyl sites for hydroxylation is 1. The molecule has 0 saturated heterocycles. The van der Waals surface area contributed by atoms with Gasteiger partial charge in [0.1, 0.15) is 5.56 Å². The second kappa shape index (κ2) is 3.98. The highest BCUT2D eigenvalue weighted by Gasteiger charge is 2.24. The Kier molecular flexibility index (Phi) is 2.41. The lowest BCUT2D eigenvalue weighted by molar-refractivity contribution is -0.483. The summed E-state index contributed by atoms with van der Waals surface area (Å²) >= 11 is 0. The lowest BCUT2D eigenvalue weighted by atomic mass is 10.1. The Morgan fingerprint density at radius 3 is 2.84 bits per heavy atom. The number of aromatic hydroxyl groups is 1. The van der Waals surface area contributed by atoms with Crippen molar-refractivity contribution in [3.05, 3.63) is 36.0 Å². The second-order valence-corrected chi connectivity index (χ2v) is 4.31. The number of para-hydroxylation sites is 1. The summed E-state index contributed by atoms with van der Waals surface area (Å²) in [6.45, 7) is 3.13. The summed E-state index contributed by atoms with van der Waals surface area (Å²) in [6.07, 6.45) is 1.49. The van der Waals surface area contributed by atoms with Crippen LogP contribution in [0.3, 0.4) is 0 Å². The third-order valence-corrected chi connectivity index (χ3v) is 2.97. The van der Waals surface area contributed by atoms with Gasteiger partial charge in [-0.1, -0.05) is 12.1 Å². The third-order valence-electron chi connectivity index (χ3n) is 2.97. The van der Waals surface area contributed by atoms with E-state index >= 15 is 0 Å². The molecule has 5 heteroatoms. The van der Waals surface area contributed by atoms with E-state index in [1.165, 1.54) is 13.1 Å². The highest BCUT2D eigenvalue weighted by Crippen LogP contribution is 2.31. The number of hydrogen-bond donors (Lipinski definition) is 1. The van der Waals surface area contributed by atoms with E-state index in [2.05, 4.69) is 0 Å². The fraction of sp³-hybridized carbons (Fsp3) is 0.143. The SMILES string of the molecule is CC(=O)Oc1c(C)c2oc(O)c[n+]2c2ccccc12. The summed E-state index contributed by atoms with van der Waals surface area (Å²) in [5.74, 6) is -0.126. The summed E-state index contributed by atoms with van der Waals surface area (Å²) in [6, 6.07) is 7.45. The number of aromatic nitrogens is 1. The van der Waals surface area contributed by atoms with E-state index in [1.54, 1.807) is 11.3 Å². The van der Waals surface area contributed by atoms with E-state index in [0.29, 0.717) is 17.0 Å². The summed E-state index contributed by atoms with van der Waals surface area (Å²) < 4.78 is 12.3. The van der Waals surface area contributed by atoms with Crippen LogP contribution in [-0.2, 0) is 4.79 Å². The van der Waals surface area contributed by atoms with E-state index < -0.39 is 5.97 Å². The molecule has 0 saturated carbocycles. The van der Waals surface area contributed by atoms with Gasteiger partial charge in [0.25, 0.3) is 6.20 Å². The predicted molar refractivity (Wildman–Crippen MR) is 67.1 cm³/mol. The Bertz CT molecular complexity index is 804. The van der Waals surface area contributed by atoms with Crippen molar-refractivity contribution in [3.63, 3.8) is 0 Å². The van der Waals surface area contributed by atoms with E-state index in [1.807, 2.05) is 24.3 Å². The first kappa shape index (κ1) is 11.5. The van der Waals surface area contributed by atoms with Crippen LogP contribution in [0.1, 0.15) is 12.5 Å². The number of oxazole rings is 1. The average molecular weight is 258 g/mol. The van der Waals surface area contributed by atoms with Gasteiger partial charge >= 0.3 is 17.6 Å². The molecule has 0 atom stereocenters. The van der Waals surface area contributed by atoms with Gasteiger partial charge in [0, 0.05) is 13.0 Å². The van der Waals surface area contributed by atoms with Gasteiger partial charge in [-0.25, -0.2) is 0 Å². The van der Waals surface area contributed by atoms with Crippen molar-refractivity contribution in [2.75, 3.05) is 0 Å². The number of ether oxygens (including phenoxy) is 1. The first-order valence-corrected chi connectivity index (χ1v) is 5.82. The predicted octanol–water partition coefficient (Wildman–Crippen LogP) is 2.11. The molecule has 3 aromatic rings. The molecule has 19 heavy (non-hydrogen) atoms. The standard InChI is InChI=1S/C14H11NO4/c1-8-13(18-9(2)16)10-5-3-4-6-11(10)15-7-12(17)19-14(8)15/h3-7H,1-2H3/p+1. The van der Waals surface area contributed by atoms with Gasteiger partial charge in [-0.05, 0) is 13.0 Å². The fourth-order valence-corrected chi connectivity index (χ4v) is 2.23. The maximum Gasteiger partial charge on any atom is 0.388 e. The maximum atomic E-state index is 11.2. The fourth-order valence-electron chi connectivity index (χ4n) is 2.23. The number of hydrogen-bond acceptors (Lipinski definition) is 4. The monoisotopic (exact) mass is 258 g/mol. The van der Waals surface area contributed by atoms with Crippen LogP contribution in [0.5, 0.6) is 11.7 Å². The topological polar surface area (TPSA) is 63.8 Å². The van der Waals surface area contributed by atoms with Crippen molar-refractivity contribution in [1.29, 1.82) is 0 Å². The molecule has 1 aromatic carbocycles. The van der Waals surface area contributed by atoms with Gasteiger partial charge in [0.2, 0.25) is 5.52 Å². The number of benzene rings is 1. The molecule has 0 radical (unpaired) electrons. The van der Waals surface area contributed by atoms with Gasteiger partial charge in [0.05, 0.1) is 5.39 Å². The minimum Gasteiger partial charge on any atom is -0.476 e. The molecule has 0 spiro atoms. The van der Waals surface area contributed by atoms with Gasteiger partial charge in [0.15, 0.2) is 5.75 Å². The van der Waals surface area contributed by atoms with Crippen molar-refractivity contribution in [2.24, 2.45) is 0 Å². The zero-order valence-electron chi connectivity index (χ0n) is 10.5. The molecular formula is C14H12NO4+. The number of nitrogens with zero attached hydrogens (tertiary/aromatic N) is 1. The summed E-state index contributed by atoms with van der Waals surface area (Å²) in [4.78, 5) is 11.2. The summed E-state index contributed by atoms with van der Waals surface area (Å²) in [5.41, 5.74) is 1.91. The molecule has 2 heterocycles. The van der Waals surface area contributed by atoms with Crippen LogP contribution in [0, 0.1) is 6.92 Å². The summed E-state index contributed by atoms with van der Waals surface area (Å²) in [5, 5.41) is 10.3. The molecule has 2 aromatic heterocycles. The van der Waals surface area contributed by atoms with Crippen LogP contribution in [0.4, 0.5) is 0 Å². The zero-order valence-corrected chi connectivity index (χ0v) is 10.5. The Labute approximate surface area is 108 Å². The average Bonchev–Trinajstić information content (AvgIpc) is 2.76. The quantitative estimate of drug-likeness (QED) is 0.536. The molecule has 0 aliphatic heterocycles. The van der Waals surface area contributed by atoms with Crippen LogP contribution in [0.25, 0.3) is 16.6 Å². The number of esters is 1. The molecule has 0 amide bonds. The van der Waals surface area contributed by atoms with Crippen LogP contribution >= 0.6 is 0 Å². The van der Waals surface area contributed by atoms with Gasteiger partial charge in [-0.2, -0.15) is 0 Å². The number of rotatable bonds is 1. The van der Waals surface area contributed by atoms with Crippen LogP contribution < -0.4 is 9.14 Å². The van der Waals surface area contributed by atoms with E-state index in [0.717, 1.165) is 10.9 Å². The van der Waals surface area contributed by atoms with Crippen molar-refractivity contribution in [1.82, 2.24) is 0 Å². The molecule has 1 N–H and O–H groups in total. The lowest BCUT2D eigenvalue weighted by Crippen LogP contribution is -2.21. The van der Waals surface area contributed by atoms with Crippen LogP contribution in [0.15, 0.2) is 34.9 Å². The van der Waals surface area contributed by atoms with E-state index in [4.69, 9.17) is 9.15 Å². The molecular weight excluding hydrogens is 246 g/mol. The highest BCUT2D eigenvalue weighted by molar-refractivity contribution is 5.88. The molecule has 3 rings (SSSR count). The van der Waals surface area contributed by atoms with Crippen LogP contribution in [0.2, 0.25) is 0 Å². The van der Waals surface area contributed by atoms with E-state index in [9.17, 15) is 9.90 Å². The minimum atomic E-state index is -0.395. The van der Waals surface area contributed by atoms with Gasteiger partial charge < -0.3 is 14.3 Å². The first-order valence-electron chi connectivity index (χ1n) is 5.82. The van der Waals surface area contributed by atoms with Crippen molar-refractivity contribution < 1.29 is 23.5 Å². The molecule has 0 bridgehead atoms. The Morgan fingerprint density at radius 2 is 2.11 bits per heavy atom. The smallest absolute Gasteiger partial charge is 0.388 e. The first-order chi connectivity index (χ1) is 9.08. The number of carbonyl (C=O) groups excluding carboxylic acids is 1. The number of carbonyl (C=O) groups is 1. The molecule has 0 fully saturated rings. The largest absolute Gasteiger partial charge is 0.476 e. The lowest BCUT2D eigenvalue weighted by Gasteiger charge is -2.06.